The van der Waals surface area contributed by atoms with Crippen molar-refractivity contribution in [3.05, 3.63) is 97.1 Å². The minimum Gasteiger partial charge on any atom is -0.114 e. The quantitative estimate of drug-likeness (QED) is 0.187. The molecule has 10 rings (SSSR count). The molecule has 4 heterocycles. The van der Waals surface area contributed by atoms with Gasteiger partial charge >= 0.3 is 0 Å². The summed E-state index contributed by atoms with van der Waals surface area (Å²) in [6, 6.07) is 36.4. The zero-order chi connectivity index (χ0) is 22.5. The first kappa shape index (κ1) is 21.1. The Morgan fingerprint density at radius 3 is 0.882 bits per heavy atom. The Morgan fingerprint density at radius 1 is 0.353 bits per heavy atom. The van der Waals surface area contributed by atoms with Gasteiger partial charge in [-0.25, -0.2) is 0 Å². The maximum atomic E-state index is 2.39. The second-order valence-corrected chi connectivity index (χ2v) is 13.2. The lowest BCUT2D eigenvalue weighted by molar-refractivity contribution is 1.52. The average Bonchev–Trinajstić information content (AvgIpc) is 2.87. The van der Waals surface area contributed by atoms with Crippen molar-refractivity contribution in [1.29, 1.82) is 0 Å². The van der Waals surface area contributed by atoms with E-state index in [2.05, 4.69) is 97.1 Å². The molecule has 0 aromatic heterocycles. The highest BCUT2D eigenvalue weighted by molar-refractivity contribution is 8.16. The van der Waals surface area contributed by atoms with Crippen LogP contribution in [-0.2, 0) is 0 Å². The van der Waals surface area contributed by atoms with Gasteiger partial charge in [0.1, 0.15) is 0 Å². The number of rotatable bonds is 0. The predicted molar refractivity (Wildman–Crippen MR) is 156 cm³/mol. The lowest BCUT2D eigenvalue weighted by Gasteiger charge is -2.13. The standard InChI is InChI=1S/C30H20S4/c1-5-19-13-24-20-6-2-10-28(24)33-18-34-30-12-4-8-22-15-25-21(16-26(22)30)7-3-11-29(25)32-17-31-27(9-1)23(19)14-20/h1-16H,17-18H2. The first-order chi connectivity index (χ1) is 16.8. The normalized spacial score (nSPS) is 14.4. The number of hydrogen-bond donors (Lipinski definition) is 0. The van der Waals surface area contributed by atoms with E-state index in [-0.39, 0.29) is 0 Å². The van der Waals surface area contributed by atoms with E-state index in [1.165, 1.54) is 62.7 Å². The SMILES string of the molecule is c1cc2c3cc4cccc(c4cc3c1)SCSc1cccc3cc4c(cccc4cc13)SCS2. The van der Waals surface area contributed by atoms with E-state index in [0.29, 0.717) is 0 Å². The van der Waals surface area contributed by atoms with Crippen LogP contribution in [0.5, 0.6) is 0 Å². The summed E-state index contributed by atoms with van der Waals surface area (Å²) in [6.07, 6.45) is 0. The smallest absolute Gasteiger partial charge is 0.0487 e. The van der Waals surface area contributed by atoms with Gasteiger partial charge in [0, 0.05) is 29.8 Å². The number of thioether (sulfide) groups is 4. The van der Waals surface area contributed by atoms with Crippen LogP contribution in [0.1, 0.15) is 0 Å². The summed E-state index contributed by atoms with van der Waals surface area (Å²) in [4.78, 5) is 5.43. The Bertz CT molecular complexity index is 1460. The van der Waals surface area contributed by atoms with Crippen LogP contribution in [-0.4, -0.2) is 10.2 Å². The predicted octanol–water partition coefficient (Wildman–Crippen LogP) is 10.3. The molecule has 4 heteroatoms. The maximum Gasteiger partial charge on any atom is 0.0487 e. The zero-order valence-corrected chi connectivity index (χ0v) is 21.6. The van der Waals surface area contributed by atoms with Crippen molar-refractivity contribution in [3.8, 4) is 0 Å². The fraction of sp³-hybridized carbons (Fsp3) is 0.0667. The minimum absolute atomic E-state index is 0.986. The molecule has 0 fully saturated rings. The van der Waals surface area contributed by atoms with Gasteiger partial charge < -0.3 is 0 Å². The summed E-state index contributed by atoms with van der Waals surface area (Å²) >= 11 is 7.77. The monoisotopic (exact) mass is 508 g/mol. The Hall–Kier alpha value is -2.24. The van der Waals surface area contributed by atoms with Gasteiger partial charge in [-0.05, 0) is 91.6 Å². The van der Waals surface area contributed by atoms with Crippen LogP contribution in [0.25, 0.3) is 43.1 Å². The van der Waals surface area contributed by atoms with Gasteiger partial charge in [-0.2, -0.15) is 0 Å². The van der Waals surface area contributed by atoms with Crippen molar-refractivity contribution in [1.82, 2.24) is 0 Å². The first-order valence-electron chi connectivity index (χ1n) is 11.3. The lowest BCUT2D eigenvalue weighted by atomic mass is 10.0. The van der Waals surface area contributed by atoms with Crippen LogP contribution < -0.4 is 0 Å². The highest BCUT2D eigenvalue weighted by atomic mass is 32.2. The number of hydrogen-bond acceptors (Lipinski definition) is 4. The first-order valence-corrected chi connectivity index (χ1v) is 15.2. The molecular weight excluding hydrogens is 489 g/mol. The van der Waals surface area contributed by atoms with Crippen molar-refractivity contribution in [2.24, 2.45) is 0 Å². The Balaban J connectivity index is 1.42. The van der Waals surface area contributed by atoms with E-state index < -0.39 is 0 Å². The lowest BCUT2D eigenvalue weighted by Crippen LogP contribution is -1.86. The van der Waals surface area contributed by atoms with Gasteiger partial charge in [0.15, 0.2) is 0 Å². The van der Waals surface area contributed by atoms with Gasteiger partial charge in [-0.3, -0.25) is 0 Å². The molecule has 0 aliphatic carbocycles. The molecule has 4 aliphatic heterocycles. The summed E-state index contributed by atoms with van der Waals surface area (Å²) in [5, 5.41) is 12.7. The van der Waals surface area contributed by atoms with Crippen molar-refractivity contribution in [2.75, 3.05) is 10.2 Å². The molecule has 34 heavy (non-hydrogen) atoms. The fourth-order valence-corrected chi connectivity index (χ4v) is 9.33. The molecule has 0 saturated heterocycles. The van der Waals surface area contributed by atoms with E-state index in [4.69, 9.17) is 0 Å². The van der Waals surface area contributed by atoms with Crippen molar-refractivity contribution >= 4 is 90.1 Å². The van der Waals surface area contributed by atoms with E-state index in [9.17, 15) is 0 Å². The van der Waals surface area contributed by atoms with Crippen molar-refractivity contribution < 1.29 is 0 Å². The van der Waals surface area contributed by atoms with Crippen LogP contribution >= 0.6 is 47.0 Å². The van der Waals surface area contributed by atoms with Crippen LogP contribution in [0, 0.1) is 0 Å². The highest BCUT2D eigenvalue weighted by Crippen LogP contribution is 2.41. The Morgan fingerprint density at radius 2 is 0.618 bits per heavy atom. The van der Waals surface area contributed by atoms with E-state index in [0.717, 1.165) is 10.2 Å². The summed E-state index contributed by atoms with van der Waals surface area (Å²) in [6.45, 7) is 0. The van der Waals surface area contributed by atoms with Crippen LogP contribution in [0.4, 0.5) is 0 Å². The molecular formula is C30H20S4. The Kier molecular flexibility index (Phi) is 5.43. The molecule has 0 atom stereocenters. The van der Waals surface area contributed by atoms with Crippen molar-refractivity contribution in [3.63, 3.8) is 0 Å². The summed E-state index contributed by atoms with van der Waals surface area (Å²) in [5.41, 5.74) is 0. The number of benzene rings is 6. The minimum atomic E-state index is 0.986. The van der Waals surface area contributed by atoms with Gasteiger partial charge in [0.05, 0.1) is 0 Å². The summed E-state index contributed by atoms with van der Waals surface area (Å²) < 4.78 is 0. The van der Waals surface area contributed by atoms with Gasteiger partial charge in [0.2, 0.25) is 0 Å². The van der Waals surface area contributed by atoms with Gasteiger partial charge in [0.25, 0.3) is 0 Å². The molecule has 6 aromatic rings. The van der Waals surface area contributed by atoms with Crippen LogP contribution in [0.2, 0.25) is 0 Å². The molecule has 6 aromatic carbocycles. The van der Waals surface area contributed by atoms with Crippen LogP contribution in [0.3, 0.4) is 0 Å². The molecule has 4 aliphatic rings. The van der Waals surface area contributed by atoms with E-state index in [1.54, 1.807) is 0 Å². The molecule has 12 bridgehead atoms. The molecule has 0 N–H and O–H groups in total. The topological polar surface area (TPSA) is 0 Å². The molecule has 0 radical (unpaired) electrons. The molecule has 0 unspecified atom stereocenters. The van der Waals surface area contributed by atoms with Gasteiger partial charge in [-0.15, -0.1) is 47.0 Å². The second kappa shape index (κ2) is 8.76. The molecule has 164 valence electrons. The molecule has 0 nitrogen and oxygen atoms in total. The fourth-order valence-electron chi connectivity index (χ4n) is 4.80. The maximum absolute atomic E-state index is 2.39. The van der Waals surface area contributed by atoms with E-state index >= 15 is 0 Å². The van der Waals surface area contributed by atoms with Crippen molar-refractivity contribution in [2.45, 2.75) is 19.6 Å². The zero-order valence-electron chi connectivity index (χ0n) is 18.3. The molecule has 0 amide bonds. The third-order valence-electron chi connectivity index (χ3n) is 6.46. The van der Waals surface area contributed by atoms with Crippen LogP contribution in [0.15, 0.2) is 117 Å². The average molecular weight is 509 g/mol. The molecule has 0 spiro atoms. The summed E-state index contributed by atoms with van der Waals surface area (Å²) in [7, 11) is 0. The second-order valence-electron chi connectivity index (χ2n) is 8.43. The highest BCUT2D eigenvalue weighted by Gasteiger charge is 2.11. The van der Waals surface area contributed by atoms with E-state index in [1.807, 2.05) is 47.0 Å². The Labute approximate surface area is 215 Å². The third kappa shape index (κ3) is 3.68. The van der Waals surface area contributed by atoms with Gasteiger partial charge in [-0.1, -0.05) is 48.5 Å². The summed E-state index contributed by atoms with van der Waals surface area (Å²) in [5.74, 6) is 0. The molecule has 0 saturated carbocycles. The largest absolute Gasteiger partial charge is 0.114 e. The third-order valence-corrected chi connectivity index (χ3v) is 11.0.